The topological polar surface area (TPSA) is 88.7 Å². The predicted molar refractivity (Wildman–Crippen MR) is 155 cm³/mol. The molecule has 0 rings (SSSR count). The average Bonchev–Trinajstić information content (AvgIpc) is 2.79. The van der Waals surface area contributed by atoms with E-state index in [1.165, 1.54) is 19.3 Å². The minimum Gasteiger partial charge on any atom is -0.466 e. The first kappa shape index (κ1) is 35.8. The number of hydrogen-bond acceptors (Lipinski definition) is 7. The van der Waals surface area contributed by atoms with Gasteiger partial charge >= 0.3 is 11.9 Å². The number of hydrogen-bond donors (Lipinski definition) is 3. The Bertz CT molecular complexity index is 556. The molecule has 0 saturated heterocycles. The van der Waals surface area contributed by atoms with E-state index in [0.29, 0.717) is 31.5 Å². The van der Waals surface area contributed by atoms with Crippen molar-refractivity contribution >= 4 is 11.9 Å². The number of nitrogens with one attached hydrogen (secondary N) is 3. The van der Waals surface area contributed by atoms with Gasteiger partial charge < -0.3 is 25.4 Å². The van der Waals surface area contributed by atoms with Crippen molar-refractivity contribution in [1.29, 1.82) is 0 Å². The summed E-state index contributed by atoms with van der Waals surface area (Å²) in [7, 11) is 0. The lowest BCUT2D eigenvalue weighted by Crippen LogP contribution is -2.33. The number of unbranched alkanes of at least 4 members (excludes halogenated alkanes) is 5. The van der Waals surface area contributed by atoms with Crippen LogP contribution in [0.1, 0.15) is 119 Å². The second-order valence-corrected chi connectivity index (χ2v) is 12.6. The van der Waals surface area contributed by atoms with Crippen LogP contribution in [-0.4, -0.2) is 64.4 Å². The second kappa shape index (κ2) is 22.8. The third-order valence-corrected chi connectivity index (χ3v) is 6.13. The van der Waals surface area contributed by atoms with Crippen molar-refractivity contribution in [1.82, 2.24) is 16.0 Å². The molecule has 0 atom stereocenters. The van der Waals surface area contributed by atoms with Crippen LogP contribution in [0.25, 0.3) is 0 Å². The van der Waals surface area contributed by atoms with E-state index >= 15 is 0 Å². The number of ether oxygens (including phenoxy) is 2. The Kier molecular flexibility index (Phi) is 22.0. The van der Waals surface area contributed by atoms with E-state index in [1.807, 2.05) is 0 Å². The zero-order chi connectivity index (χ0) is 27.8. The number of carbonyl (C=O) groups excluding carboxylic acids is 2. The van der Waals surface area contributed by atoms with Crippen LogP contribution in [0.15, 0.2) is 0 Å². The first-order valence-corrected chi connectivity index (χ1v) is 14.9. The first-order valence-electron chi connectivity index (χ1n) is 14.9. The van der Waals surface area contributed by atoms with Crippen LogP contribution in [0.3, 0.4) is 0 Å². The van der Waals surface area contributed by atoms with Gasteiger partial charge in [0.1, 0.15) is 0 Å². The van der Waals surface area contributed by atoms with E-state index in [9.17, 15) is 9.59 Å². The van der Waals surface area contributed by atoms with E-state index in [4.69, 9.17) is 9.47 Å². The summed E-state index contributed by atoms with van der Waals surface area (Å²) in [6.07, 6.45) is 11.5. The maximum atomic E-state index is 11.7. The molecule has 0 aromatic heterocycles. The molecule has 3 N–H and O–H groups in total. The third kappa shape index (κ3) is 30.9. The molecule has 37 heavy (non-hydrogen) atoms. The van der Waals surface area contributed by atoms with Gasteiger partial charge in [-0.05, 0) is 68.9 Å². The maximum Gasteiger partial charge on any atom is 0.305 e. The molecule has 0 saturated carbocycles. The van der Waals surface area contributed by atoms with Crippen LogP contribution in [0.2, 0.25) is 0 Å². The second-order valence-electron chi connectivity index (χ2n) is 12.6. The summed E-state index contributed by atoms with van der Waals surface area (Å²) < 4.78 is 10.6. The molecule has 0 unspecified atom stereocenters. The monoisotopic (exact) mass is 527 g/mol. The van der Waals surface area contributed by atoms with Gasteiger partial charge in [0.2, 0.25) is 0 Å². The van der Waals surface area contributed by atoms with Gasteiger partial charge in [-0.2, -0.15) is 0 Å². The van der Waals surface area contributed by atoms with Gasteiger partial charge in [-0.3, -0.25) is 9.59 Å². The van der Waals surface area contributed by atoms with E-state index < -0.39 is 0 Å². The highest BCUT2D eigenvalue weighted by molar-refractivity contribution is 5.69. The Morgan fingerprint density at radius 1 is 0.486 bits per heavy atom. The Balaban J connectivity index is 3.24. The van der Waals surface area contributed by atoms with Gasteiger partial charge in [0, 0.05) is 39.0 Å². The third-order valence-electron chi connectivity index (χ3n) is 6.13. The van der Waals surface area contributed by atoms with Crippen LogP contribution < -0.4 is 16.0 Å². The highest BCUT2D eigenvalue weighted by atomic mass is 16.5. The molecule has 0 aromatic rings. The lowest BCUT2D eigenvalue weighted by molar-refractivity contribution is -0.145. The van der Waals surface area contributed by atoms with Crippen molar-refractivity contribution in [2.45, 2.75) is 119 Å². The molecule has 0 amide bonds. The van der Waals surface area contributed by atoms with Crippen LogP contribution in [-0.2, 0) is 19.1 Å². The number of carbonyl (C=O) groups is 2. The molecule has 0 heterocycles. The molecule has 0 aliphatic rings. The summed E-state index contributed by atoms with van der Waals surface area (Å²) >= 11 is 0. The van der Waals surface area contributed by atoms with Crippen molar-refractivity contribution < 1.29 is 19.1 Å². The zero-order valence-corrected chi connectivity index (χ0v) is 25.3. The summed E-state index contributed by atoms with van der Waals surface area (Å²) in [5.74, 6) is -0.111. The highest BCUT2D eigenvalue weighted by Gasteiger charge is 2.12. The fourth-order valence-electron chi connectivity index (χ4n) is 3.70. The normalized spacial score (nSPS) is 12.1. The number of esters is 2. The zero-order valence-electron chi connectivity index (χ0n) is 25.3. The molecule has 0 fully saturated rings. The molecule has 0 aromatic carbocycles. The average molecular weight is 528 g/mol. The molecule has 0 aliphatic heterocycles. The molecule has 7 nitrogen and oxygen atoms in total. The van der Waals surface area contributed by atoms with Crippen molar-refractivity contribution in [2.24, 2.45) is 10.8 Å². The summed E-state index contributed by atoms with van der Waals surface area (Å²) in [5, 5.41) is 10.3. The van der Waals surface area contributed by atoms with Gasteiger partial charge in [0.25, 0.3) is 0 Å². The molecule has 220 valence electrons. The standard InChI is InChI=1S/C30H61N3O4/c1-29(2,3)17-14-25-36-27(34)15-10-8-7-9-12-19-31-21-23-33-24-22-32-20-13-11-16-28(35)37-26-18-30(4,5)6/h31-33H,7-26H2,1-6H3. The van der Waals surface area contributed by atoms with Crippen molar-refractivity contribution in [3.8, 4) is 0 Å². The molecule has 0 aliphatic carbocycles. The van der Waals surface area contributed by atoms with Gasteiger partial charge in [0.15, 0.2) is 0 Å². The molecule has 7 heteroatoms. The van der Waals surface area contributed by atoms with Crippen molar-refractivity contribution in [3.63, 3.8) is 0 Å². The Hall–Kier alpha value is -1.18. The summed E-state index contributed by atoms with van der Waals surface area (Å²) in [4.78, 5) is 23.4. The van der Waals surface area contributed by atoms with Crippen molar-refractivity contribution in [2.75, 3.05) is 52.5 Å². The van der Waals surface area contributed by atoms with Crippen LogP contribution in [0.5, 0.6) is 0 Å². The molecule has 0 spiro atoms. The summed E-state index contributed by atoms with van der Waals surface area (Å²) in [5.41, 5.74) is 0.516. The van der Waals surface area contributed by atoms with E-state index in [1.54, 1.807) is 0 Å². The molecule has 0 bridgehead atoms. The predicted octanol–water partition coefficient (Wildman–Crippen LogP) is 5.62. The van der Waals surface area contributed by atoms with E-state index in [-0.39, 0.29) is 17.4 Å². The minimum atomic E-state index is -0.0714. The van der Waals surface area contributed by atoms with Gasteiger partial charge in [0.05, 0.1) is 13.2 Å². The largest absolute Gasteiger partial charge is 0.466 e. The van der Waals surface area contributed by atoms with Gasteiger partial charge in [-0.25, -0.2) is 0 Å². The van der Waals surface area contributed by atoms with E-state index in [2.05, 4.69) is 57.5 Å². The van der Waals surface area contributed by atoms with E-state index in [0.717, 1.165) is 84.2 Å². The van der Waals surface area contributed by atoms with Crippen LogP contribution in [0.4, 0.5) is 0 Å². The molecular formula is C30H61N3O4. The molecular weight excluding hydrogens is 466 g/mol. The fraction of sp³-hybridized carbons (Fsp3) is 0.933. The molecule has 0 radical (unpaired) electrons. The Morgan fingerprint density at radius 2 is 0.892 bits per heavy atom. The minimum absolute atomic E-state index is 0.0395. The lowest BCUT2D eigenvalue weighted by atomic mass is 9.91. The Labute approximate surface area is 229 Å². The first-order chi connectivity index (χ1) is 17.5. The van der Waals surface area contributed by atoms with Crippen molar-refractivity contribution in [3.05, 3.63) is 0 Å². The quantitative estimate of drug-likeness (QED) is 0.111. The Morgan fingerprint density at radius 3 is 1.43 bits per heavy atom. The smallest absolute Gasteiger partial charge is 0.305 e. The summed E-state index contributed by atoms with van der Waals surface area (Å²) in [6.45, 7) is 20.0. The van der Waals surface area contributed by atoms with Crippen LogP contribution in [0, 0.1) is 10.8 Å². The van der Waals surface area contributed by atoms with Gasteiger partial charge in [-0.1, -0.05) is 60.8 Å². The SMILES string of the molecule is CC(C)(C)CCCOC(=O)CCCCCCCNCCNCCNCCCCC(=O)OCCC(C)(C)C. The summed E-state index contributed by atoms with van der Waals surface area (Å²) in [6, 6.07) is 0. The lowest BCUT2D eigenvalue weighted by Gasteiger charge is -2.17. The fourth-order valence-corrected chi connectivity index (χ4v) is 3.70. The maximum absolute atomic E-state index is 11.7. The number of rotatable bonds is 24. The van der Waals surface area contributed by atoms with Crippen LogP contribution >= 0.6 is 0 Å². The highest BCUT2D eigenvalue weighted by Crippen LogP contribution is 2.20. The van der Waals surface area contributed by atoms with Gasteiger partial charge in [-0.15, -0.1) is 0 Å².